The number of ether oxygens (including phenoxy) is 1. The third-order valence-corrected chi connectivity index (χ3v) is 4.68. The summed E-state index contributed by atoms with van der Waals surface area (Å²) in [5, 5.41) is 15.0. The molecule has 0 spiro atoms. The van der Waals surface area contributed by atoms with E-state index in [1.165, 1.54) is 0 Å². The minimum absolute atomic E-state index is 0.237. The predicted molar refractivity (Wildman–Crippen MR) is 110 cm³/mol. The molecule has 0 radical (unpaired) electrons. The van der Waals surface area contributed by atoms with Crippen LogP contribution in [0, 0.1) is 11.3 Å². The highest BCUT2D eigenvalue weighted by Crippen LogP contribution is 2.33. The molecular weight excluding hydrogens is 366 g/mol. The normalized spacial score (nSPS) is 14.8. The lowest BCUT2D eigenvalue weighted by Crippen LogP contribution is -2.34. The van der Waals surface area contributed by atoms with Crippen molar-refractivity contribution in [2.24, 2.45) is 0 Å². The molecule has 1 heterocycles. The van der Waals surface area contributed by atoms with Gasteiger partial charge in [0.25, 0.3) is 11.8 Å². The van der Waals surface area contributed by atoms with E-state index in [-0.39, 0.29) is 11.8 Å². The second kappa shape index (κ2) is 7.49. The second-order valence-electron chi connectivity index (χ2n) is 6.62. The van der Waals surface area contributed by atoms with Crippen LogP contribution >= 0.6 is 0 Å². The number of nitrogens with zero attached hydrogens (tertiary/aromatic N) is 1. The summed E-state index contributed by atoms with van der Waals surface area (Å²) < 4.78 is 5.54. The molecule has 2 N–H and O–H groups in total. The Morgan fingerprint density at radius 2 is 1.79 bits per heavy atom. The summed E-state index contributed by atoms with van der Waals surface area (Å²) in [5.41, 5.74) is 3.34. The van der Waals surface area contributed by atoms with Crippen molar-refractivity contribution in [3.63, 3.8) is 0 Å². The molecule has 0 aromatic heterocycles. The molecule has 1 aliphatic rings. The highest BCUT2D eigenvalue weighted by molar-refractivity contribution is 6.09. The Morgan fingerprint density at radius 3 is 2.59 bits per heavy atom. The second-order valence-corrected chi connectivity index (χ2v) is 6.62. The maximum absolute atomic E-state index is 13.0. The lowest BCUT2D eigenvalue weighted by Gasteiger charge is -2.23. The average molecular weight is 383 g/mol. The van der Waals surface area contributed by atoms with Gasteiger partial charge < -0.3 is 15.4 Å². The minimum atomic E-state index is -0.560. The topological polar surface area (TPSA) is 91.2 Å². The van der Waals surface area contributed by atoms with Crippen LogP contribution in [0.3, 0.4) is 0 Å². The van der Waals surface area contributed by atoms with Crippen LogP contribution in [0.4, 0.5) is 11.4 Å². The summed E-state index contributed by atoms with van der Waals surface area (Å²) in [4.78, 5) is 24.8. The van der Waals surface area contributed by atoms with Crippen LogP contribution in [0.2, 0.25) is 0 Å². The van der Waals surface area contributed by atoms with Crippen molar-refractivity contribution in [2.75, 3.05) is 10.6 Å². The molecule has 0 fully saturated rings. The minimum Gasteiger partial charge on any atom is -0.479 e. The summed E-state index contributed by atoms with van der Waals surface area (Å²) in [7, 11) is 0. The lowest BCUT2D eigenvalue weighted by molar-refractivity contribution is -0.122. The molecule has 0 saturated heterocycles. The Kier molecular flexibility index (Phi) is 4.71. The largest absolute Gasteiger partial charge is 0.479 e. The van der Waals surface area contributed by atoms with E-state index in [1.807, 2.05) is 24.3 Å². The number of carbonyl (C=O) groups excluding carboxylic acids is 2. The number of benzene rings is 3. The number of amides is 2. The van der Waals surface area contributed by atoms with Gasteiger partial charge in [0.1, 0.15) is 5.75 Å². The molecule has 0 saturated carbocycles. The van der Waals surface area contributed by atoms with E-state index in [0.717, 1.165) is 0 Å². The zero-order valence-corrected chi connectivity index (χ0v) is 15.6. The smallest absolute Gasteiger partial charge is 0.265 e. The third-order valence-electron chi connectivity index (χ3n) is 4.68. The third kappa shape index (κ3) is 3.54. The maximum Gasteiger partial charge on any atom is 0.265 e. The number of anilines is 2. The number of nitrogens with one attached hydrogen (secondary N) is 2. The Morgan fingerprint density at radius 1 is 1.07 bits per heavy atom. The molecule has 4 rings (SSSR count). The van der Waals surface area contributed by atoms with Crippen molar-refractivity contribution in [3.05, 3.63) is 77.9 Å². The Balaban J connectivity index is 1.65. The van der Waals surface area contributed by atoms with Gasteiger partial charge in [-0.25, -0.2) is 0 Å². The van der Waals surface area contributed by atoms with E-state index in [4.69, 9.17) is 4.74 Å². The molecule has 0 bridgehead atoms. The Labute approximate surface area is 167 Å². The first-order valence-corrected chi connectivity index (χ1v) is 9.08. The van der Waals surface area contributed by atoms with Crippen molar-refractivity contribution in [1.82, 2.24) is 0 Å². The van der Waals surface area contributed by atoms with Gasteiger partial charge in [0.2, 0.25) is 0 Å². The van der Waals surface area contributed by atoms with Crippen molar-refractivity contribution in [1.29, 1.82) is 5.26 Å². The molecule has 0 aliphatic carbocycles. The molecule has 1 aliphatic heterocycles. The molecule has 3 aromatic carbocycles. The van der Waals surface area contributed by atoms with Gasteiger partial charge in [-0.2, -0.15) is 5.26 Å². The quantitative estimate of drug-likeness (QED) is 0.709. The summed E-state index contributed by atoms with van der Waals surface area (Å²) in [6.45, 7) is 1.67. The Bertz CT molecular complexity index is 1160. The molecule has 1 atom stereocenters. The van der Waals surface area contributed by atoms with E-state index in [2.05, 4.69) is 16.7 Å². The fraction of sp³-hybridized carbons (Fsp3) is 0.0870. The van der Waals surface area contributed by atoms with Crippen LogP contribution in [0.5, 0.6) is 5.75 Å². The van der Waals surface area contributed by atoms with Gasteiger partial charge in [0.05, 0.1) is 17.3 Å². The van der Waals surface area contributed by atoms with Gasteiger partial charge in [0, 0.05) is 16.8 Å². The van der Waals surface area contributed by atoms with Gasteiger partial charge in [-0.15, -0.1) is 0 Å². The Hall–Kier alpha value is -4.11. The molecule has 142 valence electrons. The first-order chi connectivity index (χ1) is 14.1. The van der Waals surface area contributed by atoms with Gasteiger partial charge in [-0.05, 0) is 42.8 Å². The first-order valence-electron chi connectivity index (χ1n) is 9.08. The van der Waals surface area contributed by atoms with Crippen molar-refractivity contribution < 1.29 is 14.3 Å². The maximum atomic E-state index is 13.0. The van der Waals surface area contributed by atoms with E-state index in [0.29, 0.717) is 39.4 Å². The number of fused-ring (bicyclic) bond motifs is 1. The van der Waals surface area contributed by atoms with E-state index >= 15 is 0 Å². The number of nitriles is 1. The monoisotopic (exact) mass is 383 g/mol. The first kappa shape index (κ1) is 18.3. The zero-order chi connectivity index (χ0) is 20.4. The molecule has 3 aromatic rings. The van der Waals surface area contributed by atoms with Crippen molar-refractivity contribution in [2.45, 2.75) is 13.0 Å². The standard InChI is InChI=1S/C23H17N3O3/c1-14-22(27)26-20-12-16(10-11-21(20)29-14)25-23(28)19-9-5-4-8-18(19)17-7-3-2-6-15(17)13-24/h2-12,14H,1H3,(H,25,28)(H,26,27). The van der Waals surface area contributed by atoms with Crippen LogP contribution in [-0.2, 0) is 4.79 Å². The highest BCUT2D eigenvalue weighted by Gasteiger charge is 2.24. The number of carbonyl (C=O) groups is 2. The molecular formula is C23H17N3O3. The summed E-state index contributed by atoms with van der Waals surface area (Å²) in [6.07, 6.45) is -0.560. The predicted octanol–water partition coefficient (Wildman–Crippen LogP) is 4.20. The highest BCUT2D eigenvalue weighted by atomic mass is 16.5. The molecule has 29 heavy (non-hydrogen) atoms. The molecule has 6 nitrogen and oxygen atoms in total. The van der Waals surface area contributed by atoms with Gasteiger partial charge >= 0.3 is 0 Å². The average Bonchev–Trinajstić information content (AvgIpc) is 2.74. The van der Waals surface area contributed by atoms with Crippen molar-refractivity contribution >= 4 is 23.2 Å². The van der Waals surface area contributed by atoms with Gasteiger partial charge in [-0.3, -0.25) is 9.59 Å². The fourth-order valence-corrected chi connectivity index (χ4v) is 3.22. The summed E-state index contributed by atoms with van der Waals surface area (Å²) in [5.74, 6) is 0.00240. The molecule has 2 amide bonds. The van der Waals surface area contributed by atoms with Gasteiger partial charge in [0.15, 0.2) is 6.10 Å². The van der Waals surface area contributed by atoms with E-state index in [9.17, 15) is 14.9 Å². The van der Waals surface area contributed by atoms with Gasteiger partial charge in [-0.1, -0.05) is 36.4 Å². The van der Waals surface area contributed by atoms with E-state index < -0.39 is 6.10 Å². The van der Waals surface area contributed by atoms with Crippen LogP contribution in [0.1, 0.15) is 22.8 Å². The lowest BCUT2D eigenvalue weighted by atomic mass is 9.95. The zero-order valence-electron chi connectivity index (χ0n) is 15.6. The van der Waals surface area contributed by atoms with Crippen LogP contribution < -0.4 is 15.4 Å². The summed E-state index contributed by atoms with van der Waals surface area (Å²) in [6, 6.07) is 21.5. The van der Waals surface area contributed by atoms with E-state index in [1.54, 1.807) is 49.4 Å². The number of hydrogen-bond donors (Lipinski definition) is 2. The fourth-order valence-electron chi connectivity index (χ4n) is 3.22. The van der Waals surface area contributed by atoms with Crippen molar-refractivity contribution in [3.8, 4) is 22.9 Å². The SMILES string of the molecule is CC1Oc2ccc(NC(=O)c3ccccc3-c3ccccc3C#N)cc2NC1=O. The van der Waals surface area contributed by atoms with Crippen LogP contribution in [0.25, 0.3) is 11.1 Å². The number of rotatable bonds is 3. The molecule has 1 unspecified atom stereocenters. The van der Waals surface area contributed by atoms with Crippen LogP contribution in [-0.4, -0.2) is 17.9 Å². The molecule has 6 heteroatoms. The summed E-state index contributed by atoms with van der Waals surface area (Å²) >= 11 is 0. The van der Waals surface area contributed by atoms with Crippen LogP contribution in [0.15, 0.2) is 66.7 Å². The number of hydrogen-bond acceptors (Lipinski definition) is 4.